The third kappa shape index (κ3) is 5.98. The minimum atomic E-state index is -4.51. The van der Waals surface area contributed by atoms with Crippen LogP contribution in [-0.4, -0.2) is 30.7 Å². The third-order valence-corrected chi connectivity index (χ3v) is 6.76. The van der Waals surface area contributed by atoms with Gasteiger partial charge >= 0.3 is 6.18 Å². The number of hydrogen-bond acceptors (Lipinski definition) is 5. The normalized spacial score (nSPS) is 12.6. The van der Waals surface area contributed by atoms with E-state index >= 15 is 0 Å². The largest absolute Gasteiger partial charge is 0.416 e. The first-order chi connectivity index (χ1) is 15.4. The molecule has 1 aromatic heterocycles. The fraction of sp³-hybridized carbons (Fsp3) is 0.182. The molecule has 1 heterocycles. The second-order valence-electron chi connectivity index (χ2n) is 7.27. The van der Waals surface area contributed by atoms with E-state index in [0.29, 0.717) is 21.2 Å². The van der Waals surface area contributed by atoms with Crippen molar-refractivity contribution >= 4 is 37.4 Å². The molecule has 3 rings (SSSR count). The Hall–Kier alpha value is -2.76. The van der Waals surface area contributed by atoms with Crippen molar-refractivity contribution in [2.24, 2.45) is 4.99 Å². The Bertz CT molecular complexity index is 1310. The molecule has 3 aromatic rings. The summed E-state index contributed by atoms with van der Waals surface area (Å²) in [5.74, 6) is 0.184. The van der Waals surface area contributed by atoms with Crippen molar-refractivity contribution in [3.8, 4) is 11.1 Å². The van der Waals surface area contributed by atoms with Gasteiger partial charge in [-0.1, -0.05) is 24.3 Å². The van der Waals surface area contributed by atoms with Gasteiger partial charge in [-0.25, -0.2) is 18.4 Å². The molecule has 11 heteroatoms. The van der Waals surface area contributed by atoms with Crippen LogP contribution in [0.3, 0.4) is 0 Å². The van der Waals surface area contributed by atoms with Crippen molar-refractivity contribution in [2.75, 3.05) is 6.26 Å². The van der Waals surface area contributed by atoms with Crippen molar-refractivity contribution < 1.29 is 26.8 Å². The summed E-state index contributed by atoms with van der Waals surface area (Å²) in [4.78, 5) is 8.73. The quantitative estimate of drug-likeness (QED) is 0.253. The zero-order valence-corrected chi connectivity index (χ0v) is 19.9. The predicted molar refractivity (Wildman–Crippen MR) is 122 cm³/mol. The molecule has 0 aliphatic heterocycles. The van der Waals surface area contributed by atoms with E-state index in [1.807, 2.05) is 5.48 Å². The second-order valence-corrected chi connectivity index (χ2v) is 10.1. The number of nitrogens with zero attached hydrogens (tertiary/aromatic N) is 2. The van der Waals surface area contributed by atoms with Gasteiger partial charge in [0.25, 0.3) is 0 Å². The van der Waals surface area contributed by atoms with E-state index in [2.05, 4.69) is 25.9 Å². The summed E-state index contributed by atoms with van der Waals surface area (Å²) in [7, 11) is -3.35. The number of alkyl halides is 3. The maximum atomic E-state index is 13.2. The molecule has 0 bridgehead atoms. The summed E-state index contributed by atoms with van der Waals surface area (Å²) in [6.45, 7) is 1.72. The lowest BCUT2D eigenvalue weighted by molar-refractivity contribution is -0.137. The average molecular weight is 542 g/mol. The van der Waals surface area contributed by atoms with E-state index in [9.17, 15) is 26.8 Å². The molecule has 0 fully saturated rings. The summed E-state index contributed by atoms with van der Waals surface area (Å²) in [5, 5.41) is 9.61. The number of halogens is 4. The number of benzene rings is 2. The SMILES string of the molecule is Cc1c(Br)cnc(N=C(Cc2ccc(S(C)(=O)=O)cc2)NO)c1-c1cccc(C(F)(F)F)c1. The number of nitrogens with one attached hydrogen (secondary N) is 1. The van der Waals surface area contributed by atoms with Gasteiger partial charge < -0.3 is 0 Å². The Morgan fingerprint density at radius 3 is 2.42 bits per heavy atom. The molecular weight excluding hydrogens is 523 g/mol. The minimum Gasteiger partial charge on any atom is -0.290 e. The van der Waals surface area contributed by atoms with Crippen molar-refractivity contribution in [3.63, 3.8) is 0 Å². The highest BCUT2D eigenvalue weighted by Gasteiger charge is 2.31. The maximum absolute atomic E-state index is 13.2. The summed E-state index contributed by atoms with van der Waals surface area (Å²) in [6, 6.07) is 10.9. The summed E-state index contributed by atoms with van der Waals surface area (Å²) in [6.07, 6.45) is -1.84. The van der Waals surface area contributed by atoms with Gasteiger partial charge in [0.05, 0.1) is 10.5 Å². The molecule has 0 spiro atoms. The van der Waals surface area contributed by atoms with E-state index in [0.717, 1.165) is 18.4 Å². The summed E-state index contributed by atoms with van der Waals surface area (Å²) >= 11 is 3.35. The standard InChI is InChI=1S/C22H19BrF3N3O3S/c1-13-18(23)12-27-21(20(13)15-4-3-5-16(11-15)22(24,25)26)28-19(29-30)10-14-6-8-17(9-7-14)33(2,31)32/h3-9,11-12,30H,10H2,1-2H3,(H,27,28,29). The van der Waals surface area contributed by atoms with Gasteiger partial charge in [0, 0.05) is 28.9 Å². The number of hydrogen-bond donors (Lipinski definition) is 2. The molecule has 0 aliphatic rings. The van der Waals surface area contributed by atoms with Crippen LogP contribution in [0.4, 0.5) is 19.0 Å². The van der Waals surface area contributed by atoms with E-state index in [1.165, 1.54) is 30.5 Å². The first-order valence-electron chi connectivity index (χ1n) is 9.49. The lowest BCUT2D eigenvalue weighted by Gasteiger charge is -2.14. The monoisotopic (exact) mass is 541 g/mol. The number of rotatable bonds is 5. The van der Waals surface area contributed by atoms with Crippen LogP contribution in [0.15, 0.2) is 69.1 Å². The van der Waals surface area contributed by atoms with Crippen LogP contribution in [0.1, 0.15) is 16.7 Å². The van der Waals surface area contributed by atoms with E-state index < -0.39 is 21.6 Å². The summed E-state index contributed by atoms with van der Waals surface area (Å²) < 4.78 is 63.6. The van der Waals surface area contributed by atoms with Gasteiger partial charge in [-0.15, -0.1) is 0 Å². The minimum absolute atomic E-state index is 0.0737. The number of aromatic nitrogens is 1. The van der Waals surface area contributed by atoms with Gasteiger partial charge in [-0.2, -0.15) is 13.2 Å². The fourth-order valence-electron chi connectivity index (χ4n) is 3.13. The third-order valence-electron chi connectivity index (χ3n) is 4.83. The molecule has 0 atom stereocenters. The lowest BCUT2D eigenvalue weighted by atomic mass is 9.99. The zero-order chi connectivity index (χ0) is 24.4. The first-order valence-corrected chi connectivity index (χ1v) is 12.2. The van der Waals surface area contributed by atoms with Crippen molar-refractivity contribution in [1.29, 1.82) is 0 Å². The topological polar surface area (TPSA) is 91.7 Å². The summed E-state index contributed by atoms with van der Waals surface area (Å²) in [5.41, 5.74) is 3.10. The fourth-order valence-corrected chi connectivity index (χ4v) is 4.06. The highest BCUT2D eigenvalue weighted by Crippen LogP contribution is 2.38. The molecule has 6 nitrogen and oxygen atoms in total. The van der Waals surface area contributed by atoms with Gasteiger partial charge in [-0.3, -0.25) is 10.7 Å². The van der Waals surface area contributed by atoms with E-state index in [4.69, 9.17) is 0 Å². The van der Waals surface area contributed by atoms with Gasteiger partial charge in [0.15, 0.2) is 15.7 Å². The molecule has 0 saturated carbocycles. The highest BCUT2D eigenvalue weighted by atomic mass is 79.9. The van der Waals surface area contributed by atoms with E-state index in [-0.39, 0.29) is 28.5 Å². The van der Waals surface area contributed by atoms with Crippen LogP contribution in [0.5, 0.6) is 0 Å². The molecule has 2 N–H and O–H groups in total. The Morgan fingerprint density at radius 2 is 1.85 bits per heavy atom. The van der Waals surface area contributed by atoms with Crippen LogP contribution in [0, 0.1) is 6.92 Å². The lowest BCUT2D eigenvalue weighted by Crippen LogP contribution is -2.21. The zero-order valence-electron chi connectivity index (χ0n) is 17.5. The molecule has 0 aliphatic carbocycles. The predicted octanol–water partition coefficient (Wildman–Crippen LogP) is 5.49. The Morgan fingerprint density at radius 1 is 1.18 bits per heavy atom. The molecule has 0 radical (unpaired) electrons. The number of hydroxylamine groups is 1. The molecule has 33 heavy (non-hydrogen) atoms. The number of aliphatic imine (C=N–C) groups is 1. The van der Waals surface area contributed by atoms with Crippen LogP contribution in [-0.2, 0) is 22.4 Å². The molecular formula is C22H19BrF3N3O3S. The second kappa shape index (κ2) is 9.62. The van der Waals surface area contributed by atoms with Gasteiger partial charge in [0.2, 0.25) is 0 Å². The van der Waals surface area contributed by atoms with Crippen LogP contribution in [0.25, 0.3) is 11.1 Å². The van der Waals surface area contributed by atoms with Gasteiger partial charge in [0.1, 0.15) is 5.84 Å². The Labute approximate surface area is 197 Å². The Kier molecular flexibility index (Phi) is 7.25. The molecule has 0 amide bonds. The van der Waals surface area contributed by atoms with Crippen molar-refractivity contribution in [2.45, 2.75) is 24.4 Å². The molecule has 0 unspecified atom stereocenters. The highest BCUT2D eigenvalue weighted by molar-refractivity contribution is 9.10. The Balaban J connectivity index is 2.05. The molecule has 174 valence electrons. The van der Waals surface area contributed by atoms with Crippen LogP contribution in [0.2, 0.25) is 0 Å². The number of pyridine rings is 1. The molecule has 2 aromatic carbocycles. The number of amidine groups is 1. The van der Waals surface area contributed by atoms with Gasteiger partial charge in [-0.05, 0) is 63.8 Å². The first kappa shape index (κ1) is 24.9. The maximum Gasteiger partial charge on any atom is 0.416 e. The van der Waals surface area contributed by atoms with E-state index in [1.54, 1.807) is 19.1 Å². The average Bonchev–Trinajstić information content (AvgIpc) is 2.75. The van der Waals surface area contributed by atoms with Crippen molar-refractivity contribution in [3.05, 3.63) is 75.9 Å². The van der Waals surface area contributed by atoms with Crippen LogP contribution < -0.4 is 5.48 Å². The van der Waals surface area contributed by atoms with Crippen molar-refractivity contribution in [1.82, 2.24) is 10.5 Å². The smallest absolute Gasteiger partial charge is 0.290 e. The number of sulfone groups is 1. The molecule has 0 saturated heterocycles. The van der Waals surface area contributed by atoms with Crippen LogP contribution >= 0.6 is 15.9 Å².